The normalized spacial score (nSPS) is 12.5. The zero-order valence-corrected chi connectivity index (χ0v) is 14.0. The van der Waals surface area contributed by atoms with Crippen LogP contribution in [0.2, 0.25) is 0 Å². The van der Waals surface area contributed by atoms with Crippen LogP contribution in [0.1, 0.15) is 34.6 Å². The second-order valence-electron chi connectivity index (χ2n) is 7.34. The SMILES string of the molecule is CC(C)Cn1cnc2c(NC(C)(C)C)nc3ccccc3c21. The van der Waals surface area contributed by atoms with E-state index in [9.17, 15) is 0 Å². The highest BCUT2D eigenvalue weighted by Gasteiger charge is 2.18. The number of nitrogens with zero attached hydrogens (tertiary/aromatic N) is 3. The van der Waals surface area contributed by atoms with Crippen molar-refractivity contribution in [2.75, 3.05) is 5.32 Å². The van der Waals surface area contributed by atoms with Crippen molar-refractivity contribution in [3.05, 3.63) is 30.6 Å². The molecule has 1 aromatic carbocycles. The molecule has 0 atom stereocenters. The standard InChI is InChI=1S/C18H24N4/c1-12(2)10-22-11-19-15-16(22)13-8-6-7-9-14(13)20-17(15)21-18(3,4)5/h6-9,11-12H,10H2,1-5H3,(H,20,21). The zero-order valence-electron chi connectivity index (χ0n) is 14.0. The first kappa shape index (κ1) is 14.8. The average molecular weight is 296 g/mol. The summed E-state index contributed by atoms with van der Waals surface area (Å²) < 4.78 is 2.25. The van der Waals surface area contributed by atoms with E-state index in [1.165, 1.54) is 5.52 Å². The second kappa shape index (κ2) is 5.27. The van der Waals surface area contributed by atoms with E-state index in [0.29, 0.717) is 5.92 Å². The number of aromatic nitrogens is 3. The number of rotatable bonds is 3. The van der Waals surface area contributed by atoms with Crippen LogP contribution in [0.5, 0.6) is 0 Å². The Labute approximate surface area is 131 Å². The van der Waals surface area contributed by atoms with Gasteiger partial charge in [0.15, 0.2) is 5.82 Å². The minimum absolute atomic E-state index is 0.0514. The summed E-state index contributed by atoms with van der Waals surface area (Å²) in [6.07, 6.45) is 1.94. The van der Waals surface area contributed by atoms with E-state index in [-0.39, 0.29) is 5.54 Å². The Bertz CT molecular complexity index is 809. The Kier molecular flexibility index (Phi) is 3.55. The molecular weight excluding hydrogens is 272 g/mol. The molecule has 0 spiro atoms. The molecule has 1 N–H and O–H groups in total. The minimum Gasteiger partial charge on any atom is -0.364 e. The van der Waals surface area contributed by atoms with Crippen LogP contribution in [0.4, 0.5) is 5.82 Å². The van der Waals surface area contributed by atoms with Gasteiger partial charge >= 0.3 is 0 Å². The fraction of sp³-hybridized carbons (Fsp3) is 0.444. The number of imidazole rings is 1. The van der Waals surface area contributed by atoms with Crippen molar-refractivity contribution in [1.29, 1.82) is 0 Å². The highest BCUT2D eigenvalue weighted by atomic mass is 15.1. The van der Waals surface area contributed by atoms with Gasteiger partial charge in [-0.1, -0.05) is 32.0 Å². The predicted molar refractivity (Wildman–Crippen MR) is 93.2 cm³/mol. The molecule has 0 saturated heterocycles. The van der Waals surface area contributed by atoms with Crippen molar-refractivity contribution in [3.63, 3.8) is 0 Å². The number of anilines is 1. The fourth-order valence-corrected chi connectivity index (χ4v) is 2.76. The molecule has 0 fully saturated rings. The smallest absolute Gasteiger partial charge is 0.155 e. The highest BCUT2D eigenvalue weighted by Crippen LogP contribution is 2.30. The number of pyridine rings is 1. The summed E-state index contributed by atoms with van der Waals surface area (Å²) in [4.78, 5) is 9.44. The number of hydrogen-bond acceptors (Lipinski definition) is 3. The van der Waals surface area contributed by atoms with Gasteiger partial charge < -0.3 is 9.88 Å². The quantitative estimate of drug-likeness (QED) is 0.776. The maximum absolute atomic E-state index is 4.79. The van der Waals surface area contributed by atoms with Gasteiger partial charge in [0.1, 0.15) is 5.52 Å². The van der Waals surface area contributed by atoms with Crippen molar-refractivity contribution >= 4 is 27.8 Å². The van der Waals surface area contributed by atoms with E-state index in [2.05, 4.69) is 67.7 Å². The topological polar surface area (TPSA) is 42.7 Å². The van der Waals surface area contributed by atoms with E-state index in [0.717, 1.165) is 28.8 Å². The van der Waals surface area contributed by atoms with Crippen molar-refractivity contribution in [2.24, 2.45) is 5.92 Å². The van der Waals surface area contributed by atoms with Gasteiger partial charge in [-0.25, -0.2) is 9.97 Å². The van der Waals surface area contributed by atoms with Gasteiger partial charge in [0, 0.05) is 17.5 Å². The molecule has 22 heavy (non-hydrogen) atoms. The van der Waals surface area contributed by atoms with Crippen LogP contribution in [0.3, 0.4) is 0 Å². The minimum atomic E-state index is -0.0514. The lowest BCUT2D eigenvalue weighted by Gasteiger charge is -2.22. The Balaban J connectivity index is 2.30. The summed E-state index contributed by atoms with van der Waals surface area (Å²) in [5.74, 6) is 1.44. The van der Waals surface area contributed by atoms with Gasteiger partial charge in [0.05, 0.1) is 17.4 Å². The molecule has 2 aromatic heterocycles. The predicted octanol–water partition coefficient (Wildman–Crippen LogP) is 4.45. The van der Waals surface area contributed by atoms with Crippen molar-refractivity contribution in [1.82, 2.24) is 14.5 Å². The molecule has 4 nitrogen and oxygen atoms in total. The largest absolute Gasteiger partial charge is 0.364 e. The van der Waals surface area contributed by atoms with Crippen LogP contribution in [0.25, 0.3) is 21.9 Å². The van der Waals surface area contributed by atoms with Gasteiger partial charge in [0.2, 0.25) is 0 Å². The van der Waals surface area contributed by atoms with Crippen molar-refractivity contribution < 1.29 is 0 Å². The van der Waals surface area contributed by atoms with Crippen molar-refractivity contribution in [3.8, 4) is 0 Å². The maximum Gasteiger partial charge on any atom is 0.155 e. The first-order valence-electron chi connectivity index (χ1n) is 7.87. The van der Waals surface area contributed by atoms with Crippen LogP contribution in [0.15, 0.2) is 30.6 Å². The van der Waals surface area contributed by atoms with Crippen LogP contribution in [-0.2, 0) is 6.54 Å². The van der Waals surface area contributed by atoms with Gasteiger partial charge in [-0.15, -0.1) is 0 Å². The summed E-state index contributed by atoms with van der Waals surface area (Å²) in [7, 11) is 0. The molecule has 0 aliphatic rings. The second-order valence-corrected chi connectivity index (χ2v) is 7.34. The van der Waals surface area contributed by atoms with E-state index in [1.54, 1.807) is 0 Å². The number of fused-ring (bicyclic) bond motifs is 3. The van der Waals surface area contributed by atoms with Gasteiger partial charge in [-0.05, 0) is 32.8 Å². The third-order valence-corrected chi connectivity index (χ3v) is 3.51. The first-order chi connectivity index (χ1) is 10.3. The zero-order chi connectivity index (χ0) is 15.9. The Morgan fingerprint density at radius 1 is 1.18 bits per heavy atom. The van der Waals surface area contributed by atoms with Gasteiger partial charge in [0.25, 0.3) is 0 Å². The molecule has 0 bridgehead atoms. The molecule has 3 aromatic rings. The Morgan fingerprint density at radius 2 is 1.91 bits per heavy atom. The van der Waals surface area contributed by atoms with Crippen molar-refractivity contribution in [2.45, 2.75) is 46.7 Å². The molecular formula is C18H24N4. The summed E-state index contributed by atoms with van der Waals surface area (Å²) in [6, 6.07) is 8.29. The van der Waals surface area contributed by atoms with Crippen LogP contribution >= 0.6 is 0 Å². The van der Waals surface area contributed by atoms with Gasteiger partial charge in [-0.3, -0.25) is 0 Å². The third kappa shape index (κ3) is 2.78. The molecule has 0 radical (unpaired) electrons. The lowest BCUT2D eigenvalue weighted by atomic mass is 10.1. The lowest BCUT2D eigenvalue weighted by molar-refractivity contribution is 0.533. The van der Waals surface area contributed by atoms with E-state index < -0.39 is 0 Å². The lowest BCUT2D eigenvalue weighted by Crippen LogP contribution is -2.26. The first-order valence-corrected chi connectivity index (χ1v) is 7.87. The molecule has 2 heterocycles. The van der Waals surface area contributed by atoms with Crippen LogP contribution in [0, 0.1) is 5.92 Å². The third-order valence-electron chi connectivity index (χ3n) is 3.51. The number of nitrogens with one attached hydrogen (secondary N) is 1. The molecule has 4 heteroatoms. The average Bonchev–Trinajstić information content (AvgIpc) is 2.81. The summed E-state index contributed by atoms with van der Waals surface area (Å²) in [5, 5.41) is 4.66. The summed E-state index contributed by atoms with van der Waals surface area (Å²) in [5.41, 5.74) is 3.08. The molecule has 0 amide bonds. The van der Waals surface area contributed by atoms with E-state index in [4.69, 9.17) is 4.98 Å². The molecule has 0 aliphatic carbocycles. The number of para-hydroxylation sites is 1. The molecule has 0 unspecified atom stereocenters. The number of hydrogen-bond donors (Lipinski definition) is 1. The highest BCUT2D eigenvalue weighted by molar-refractivity contribution is 6.06. The fourth-order valence-electron chi connectivity index (χ4n) is 2.76. The Hall–Kier alpha value is -2.10. The molecule has 116 valence electrons. The maximum atomic E-state index is 4.79. The van der Waals surface area contributed by atoms with Gasteiger partial charge in [-0.2, -0.15) is 0 Å². The van der Waals surface area contributed by atoms with E-state index in [1.807, 2.05) is 12.4 Å². The van der Waals surface area contributed by atoms with Crippen LogP contribution < -0.4 is 5.32 Å². The number of benzene rings is 1. The molecule has 0 aliphatic heterocycles. The molecule has 0 saturated carbocycles. The van der Waals surface area contributed by atoms with E-state index >= 15 is 0 Å². The summed E-state index contributed by atoms with van der Waals surface area (Å²) in [6.45, 7) is 11.8. The summed E-state index contributed by atoms with van der Waals surface area (Å²) >= 11 is 0. The Morgan fingerprint density at radius 3 is 2.59 bits per heavy atom. The monoisotopic (exact) mass is 296 g/mol. The molecule has 3 rings (SSSR count). The van der Waals surface area contributed by atoms with Crippen LogP contribution in [-0.4, -0.2) is 20.1 Å².